The van der Waals surface area contributed by atoms with Gasteiger partial charge in [-0.05, 0) is 12.1 Å². The minimum Gasteiger partial charge on any atom is -0.288 e. The lowest BCUT2D eigenvalue weighted by Gasteiger charge is -2.02. The van der Waals surface area contributed by atoms with E-state index >= 15 is 0 Å². The first-order chi connectivity index (χ1) is 12.7. The Morgan fingerprint density at radius 2 is 1.54 bits per heavy atom. The SMILES string of the molecule is O=C1NC(=O)c2c1cnc1c2c(-c2ccccc2)nn1-c1ccccc1. The number of carbonyl (C=O) groups is 2. The number of para-hydroxylation sites is 1. The van der Waals surface area contributed by atoms with Gasteiger partial charge in [-0.3, -0.25) is 14.9 Å². The molecule has 1 N–H and O–H groups in total. The van der Waals surface area contributed by atoms with E-state index in [1.54, 1.807) is 4.68 Å². The third-order valence-electron chi connectivity index (χ3n) is 4.44. The van der Waals surface area contributed by atoms with Gasteiger partial charge in [-0.1, -0.05) is 48.5 Å². The van der Waals surface area contributed by atoms with Gasteiger partial charge in [0.05, 0.1) is 22.2 Å². The molecule has 0 bridgehead atoms. The van der Waals surface area contributed by atoms with E-state index in [1.165, 1.54) is 6.20 Å². The molecule has 4 aromatic rings. The maximum atomic E-state index is 12.4. The third kappa shape index (κ3) is 1.99. The summed E-state index contributed by atoms with van der Waals surface area (Å²) in [5, 5.41) is 7.66. The minimum absolute atomic E-state index is 0.285. The molecule has 1 aliphatic heterocycles. The zero-order valence-electron chi connectivity index (χ0n) is 13.5. The Morgan fingerprint density at radius 1 is 0.846 bits per heavy atom. The lowest BCUT2D eigenvalue weighted by molar-refractivity contribution is 0.0880. The van der Waals surface area contributed by atoms with Crippen molar-refractivity contribution in [2.24, 2.45) is 0 Å². The molecule has 6 heteroatoms. The largest absolute Gasteiger partial charge is 0.288 e. The van der Waals surface area contributed by atoms with Gasteiger partial charge < -0.3 is 0 Å². The van der Waals surface area contributed by atoms with Gasteiger partial charge >= 0.3 is 0 Å². The molecule has 0 unspecified atom stereocenters. The predicted molar refractivity (Wildman–Crippen MR) is 96.1 cm³/mol. The van der Waals surface area contributed by atoms with Crippen molar-refractivity contribution in [2.45, 2.75) is 0 Å². The highest BCUT2D eigenvalue weighted by Crippen LogP contribution is 2.34. The van der Waals surface area contributed by atoms with Crippen LogP contribution in [0.3, 0.4) is 0 Å². The molecule has 0 fully saturated rings. The van der Waals surface area contributed by atoms with Crippen LogP contribution in [0, 0.1) is 0 Å². The van der Waals surface area contributed by atoms with Gasteiger partial charge in [0.25, 0.3) is 11.8 Å². The molecule has 0 spiro atoms. The Balaban J connectivity index is 1.92. The van der Waals surface area contributed by atoms with Crippen LogP contribution in [0.15, 0.2) is 66.9 Å². The molecule has 26 heavy (non-hydrogen) atoms. The molecule has 3 heterocycles. The molecule has 0 saturated heterocycles. The quantitative estimate of drug-likeness (QED) is 0.569. The summed E-state index contributed by atoms with van der Waals surface area (Å²) in [5.74, 6) is -0.840. The Morgan fingerprint density at radius 3 is 2.27 bits per heavy atom. The Hall–Kier alpha value is -3.80. The van der Waals surface area contributed by atoms with E-state index in [9.17, 15) is 9.59 Å². The molecule has 2 aromatic heterocycles. The van der Waals surface area contributed by atoms with Gasteiger partial charge in [-0.25, -0.2) is 9.67 Å². The summed E-state index contributed by atoms with van der Waals surface area (Å²) in [6, 6.07) is 19.2. The molecule has 0 atom stereocenters. The maximum absolute atomic E-state index is 12.4. The van der Waals surface area contributed by atoms with Crippen LogP contribution in [0.25, 0.3) is 28.0 Å². The fourth-order valence-corrected chi connectivity index (χ4v) is 3.27. The van der Waals surface area contributed by atoms with Crippen molar-refractivity contribution in [1.82, 2.24) is 20.1 Å². The molecule has 2 aromatic carbocycles. The third-order valence-corrected chi connectivity index (χ3v) is 4.44. The molecule has 0 radical (unpaired) electrons. The van der Waals surface area contributed by atoms with Gasteiger partial charge in [0, 0.05) is 11.8 Å². The standard InChI is InChI=1S/C20H12N4O2/c25-19-14-11-21-18-16(15(14)20(26)22-19)17(12-7-3-1-4-8-12)23-24(18)13-9-5-2-6-10-13/h1-11H,(H,22,25,26). The van der Waals surface area contributed by atoms with E-state index < -0.39 is 11.8 Å². The second-order valence-electron chi connectivity index (χ2n) is 5.99. The van der Waals surface area contributed by atoms with Gasteiger partial charge in [0.2, 0.25) is 0 Å². The smallest absolute Gasteiger partial charge is 0.260 e. The summed E-state index contributed by atoms with van der Waals surface area (Å²) < 4.78 is 1.70. The van der Waals surface area contributed by atoms with Crippen LogP contribution in [-0.4, -0.2) is 26.6 Å². The average Bonchev–Trinajstić information content (AvgIpc) is 3.21. The average molecular weight is 340 g/mol. The number of pyridine rings is 1. The molecule has 0 aliphatic carbocycles. The number of hydrogen-bond acceptors (Lipinski definition) is 4. The molecule has 1 aliphatic rings. The number of imide groups is 1. The number of amides is 2. The zero-order chi connectivity index (χ0) is 17.7. The lowest BCUT2D eigenvalue weighted by atomic mass is 10.0. The Kier molecular flexibility index (Phi) is 2.99. The lowest BCUT2D eigenvalue weighted by Crippen LogP contribution is -2.20. The van der Waals surface area contributed by atoms with Crippen LogP contribution in [0.4, 0.5) is 0 Å². The summed E-state index contributed by atoms with van der Waals surface area (Å²) in [6.45, 7) is 0. The molecule has 6 nitrogen and oxygen atoms in total. The highest BCUT2D eigenvalue weighted by atomic mass is 16.2. The molecule has 5 rings (SSSR count). The van der Waals surface area contributed by atoms with E-state index in [2.05, 4.69) is 10.3 Å². The summed E-state index contributed by atoms with van der Waals surface area (Å²) in [5.41, 5.74) is 3.47. The number of hydrogen-bond donors (Lipinski definition) is 1. The van der Waals surface area contributed by atoms with Gasteiger partial charge in [-0.2, -0.15) is 5.10 Å². The van der Waals surface area contributed by atoms with Gasteiger partial charge in [0.15, 0.2) is 5.65 Å². The number of rotatable bonds is 2. The van der Waals surface area contributed by atoms with Crippen LogP contribution < -0.4 is 5.32 Å². The maximum Gasteiger partial charge on any atom is 0.260 e. The second kappa shape index (κ2) is 5.35. The van der Waals surface area contributed by atoms with Crippen molar-refractivity contribution >= 4 is 22.8 Å². The Labute approximate surface area is 148 Å². The van der Waals surface area contributed by atoms with Crippen LogP contribution in [0.2, 0.25) is 0 Å². The summed E-state index contributed by atoms with van der Waals surface area (Å²) in [4.78, 5) is 28.9. The van der Waals surface area contributed by atoms with Crippen molar-refractivity contribution in [1.29, 1.82) is 0 Å². The number of aromatic nitrogens is 3. The van der Waals surface area contributed by atoms with Crippen LogP contribution >= 0.6 is 0 Å². The normalized spacial score (nSPS) is 13.1. The van der Waals surface area contributed by atoms with Crippen LogP contribution in [-0.2, 0) is 0 Å². The predicted octanol–water partition coefficient (Wildman–Crippen LogP) is 2.97. The molecule has 124 valence electrons. The highest BCUT2D eigenvalue weighted by molar-refractivity contribution is 6.27. The first kappa shape index (κ1) is 14.5. The van der Waals surface area contributed by atoms with Crippen molar-refractivity contribution in [3.05, 3.63) is 78.0 Å². The molecule has 2 amide bonds. The summed E-state index contributed by atoms with van der Waals surface area (Å²) in [6.07, 6.45) is 1.44. The molecule has 0 saturated carbocycles. The van der Waals surface area contributed by atoms with Crippen molar-refractivity contribution < 1.29 is 9.59 Å². The van der Waals surface area contributed by atoms with Crippen molar-refractivity contribution in [3.8, 4) is 16.9 Å². The Bertz CT molecular complexity index is 1180. The van der Waals surface area contributed by atoms with E-state index in [0.717, 1.165) is 11.3 Å². The zero-order valence-corrected chi connectivity index (χ0v) is 13.5. The number of nitrogens with one attached hydrogen (secondary N) is 1. The van der Waals surface area contributed by atoms with Gasteiger partial charge in [0.1, 0.15) is 5.69 Å². The van der Waals surface area contributed by atoms with Gasteiger partial charge in [-0.15, -0.1) is 0 Å². The van der Waals surface area contributed by atoms with Crippen molar-refractivity contribution in [2.75, 3.05) is 0 Å². The summed E-state index contributed by atoms with van der Waals surface area (Å²) in [7, 11) is 0. The molecular weight excluding hydrogens is 328 g/mol. The fraction of sp³-hybridized carbons (Fsp3) is 0. The highest BCUT2D eigenvalue weighted by Gasteiger charge is 2.33. The minimum atomic E-state index is -0.425. The van der Waals surface area contributed by atoms with E-state index in [4.69, 9.17) is 5.10 Å². The van der Waals surface area contributed by atoms with Crippen molar-refractivity contribution in [3.63, 3.8) is 0 Å². The monoisotopic (exact) mass is 340 g/mol. The first-order valence-electron chi connectivity index (χ1n) is 8.12. The molecular formula is C20H12N4O2. The number of benzene rings is 2. The second-order valence-corrected chi connectivity index (χ2v) is 5.99. The van der Waals surface area contributed by atoms with E-state index in [-0.39, 0.29) is 5.56 Å². The summed E-state index contributed by atoms with van der Waals surface area (Å²) >= 11 is 0. The first-order valence-corrected chi connectivity index (χ1v) is 8.12. The van der Waals surface area contributed by atoms with E-state index in [0.29, 0.717) is 22.3 Å². The van der Waals surface area contributed by atoms with Crippen LogP contribution in [0.5, 0.6) is 0 Å². The topological polar surface area (TPSA) is 76.9 Å². The van der Waals surface area contributed by atoms with Crippen LogP contribution in [0.1, 0.15) is 20.7 Å². The number of carbonyl (C=O) groups excluding carboxylic acids is 2. The van der Waals surface area contributed by atoms with E-state index in [1.807, 2.05) is 60.7 Å². The number of nitrogens with zero attached hydrogens (tertiary/aromatic N) is 3. The fourth-order valence-electron chi connectivity index (χ4n) is 3.27. The number of fused-ring (bicyclic) bond motifs is 3.